The van der Waals surface area contributed by atoms with Gasteiger partial charge < -0.3 is 20.7 Å². The van der Waals surface area contributed by atoms with Crippen LogP contribution in [0.2, 0.25) is 0 Å². The molecule has 3 aromatic carbocycles. The average Bonchev–Trinajstić information content (AvgIpc) is 3.45. The van der Waals surface area contributed by atoms with Gasteiger partial charge in [0.25, 0.3) is 0 Å². The van der Waals surface area contributed by atoms with Gasteiger partial charge in [0.1, 0.15) is 12.4 Å². The van der Waals surface area contributed by atoms with E-state index in [-0.39, 0.29) is 18.1 Å². The van der Waals surface area contributed by atoms with Crippen LogP contribution in [0.4, 0.5) is 0 Å². The second-order valence-corrected chi connectivity index (χ2v) is 7.04. The summed E-state index contributed by atoms with van der Waals surface area (Å²) in [5.74, 6) is -1.35. The van der Waals surface area contributed by atoms with E-state index >= 15 is 0 Å². The van der Waals surface area contributed by atoms with Gasteiger partial charge in [-0.1, -0.05) is 48.5 Å². The molecule has 1 amide bonds. The van der Waals surface area contributed by atoms with Crippen LogP contribution in [-0.4, -0.2) is 22.7 Å². The van der Waals surface area contributed by atoms with E-state index in [0.717, 1.165) is 33.4 Å². The van der Waals surface area contributed by atoms with Crippen molar-refractivity contribution in [3.63, 3.8) is 0 Å². The van der Waals surface area contributed by atoms with Crippen molar-refractivity contribution in [2.75, 3.05) is 6.61 Å². The number of ether oxygens (including phenoxy) is 1. The Balaban J connectivity index is 1.75. The zero-order valence-corrected chi connectivity index (χ0v) is 15.3. The number of aliphatic hydroxyl groups is 1. The lowest BCUT2D eigenvalue weighted by Gasteiger charge is -2.14. The molecule has 1 aliphatic rings. The molecule has 1 atom stereocenters. The first-order valence-corrected chi connectivity index (χ1v) is 9.12. The number of rotatable bonds is 6. The first-order valence-electron chi connectivity index (χ1n) is 9.12. The van der Waals surface area contributed by atoms with E-state index in [2.05, 4.69) is 0 Å². The smallest absolute Gasteiger partial charge is 0.217 e. The quantitative estimate of drug-likeness (QED) is 0.576. The number of nitrogens with two attached hydrogens (primary N) is 1. The van der Waals surface area contributed by atoms with Crippen LogP contribution in [0.1, 0.15) is 17.5 Å². The topological polar surface area (TPSA) is 96.1 Å². The summed E-state index contributed by atoms with van der Waals surface area (Å²) in [6.45, 7) is 0.302. The molecule has 3 aromatic rings. The van der Waals surface area contributed by atoms with Crippen molar-refractivity contribution >= 4 is 5.91 Å². The van der Waals surface area contributed by atoms with Crippen LogP contribution in [0.25, 0.3) is 22.3 Å². The SMILES string of the molecule is NC(=O)CCc1cc(-c2cccc(C3(O)CO3)c2)ccc1-c1cccc(O)c1. The van der Waals surface area contributed by atoms with E-state index in [1.165, 1.54) is 0 Å². The molecule has 1 fully saturated rings. The van der Waals surface area contributed by atoms with Gasteiger partial charge in [-0.3, -0.25) is 4.79 Å². The molecule has 5 heteroatoms. The highest BCUT2D eigenvalue weighted by atomic mass is 16.7. The molecule has 0 aliphatic carbocycles. The lowest BCUT2D eigenvalue weighted by atomic mass is 9.92. The van der Waals surface area contributed by atoms with E-state index < -0.39 is 5.79 Å². The summed E-state index contributed by atoms with van der Waals surface area (Å²) in [5.41, 5.74) is 10.8. The molecule has 1 saturated heterocycles. The van der Waals surface area contributed by atoms with Crippen LogP contribution in [-0.2, 0) is 21.7 Å². The van der Waals surface area contributed by atoms with Gasteiger partial charge in [0.15, 0.2) is 0 Å². The molecule has 1 unspecified atom stereocenters. The van der Waals surface area contributed by atoms with Gasteiger partial charge in [-0.2, -0.15) is 0 Å². The Bertz CT molecular complexity index is 1040. The summed E-state index contributed by atoms with van der Waals surface area (Å²) in [5, 5.41) is 20.0. The summed E-state index contributed by atoms with van der Waals surface area (Å²) in [6, 6.07) is 20.6. The summed E-state index contributed by atoms with van der Waals surface area (Å²) >= 11 is 0. The lowest BCUT2D eigenvalue weighted by molar-refractivity contribution is -0.117. The maximum absolute atomic E-state index is 11.3. The van der Waals surface area contributed by atoms with Crippen LogP contribution in [0.5, 0.6) is 5.75 Å². The largest absolute Gasteiger partial charge is 0.508 e. The fraction of sp³-hybridized carbons (Fsp3) is 0.174. The Kier molecular flexibility index (Phi) is 4.63. The minimum Gasteiger partial charge on any atom is -0.508 e. The fourth-order valence-electron chi connectivity index (χ4n) is 3.37. The summed E-state index contributed by atoms with van der Waals surface area (Å²) in [7, 11) is 0. The fourth-order valence-corrected chi connectivity index (χ4v) is 3.37. The molecule has 0 aromatic heterocycles. The number of aromatic hydroxyl groups is 1. The molecule has 0 bridgehead atoms. The summed E-state index contributed by atoms with van der Waals surface area (Å²) in [6.07, 6.45) is 0.740. The van der Waals surface area contributed by atoms with Crippen LogP contribution in [0.15, 0.2) is 66.7 Å². The van der Waals surface area contributed by atoms with Gasteiger partial charge in [-0.05, 0) is 52.4 Å². The van der Waals surface area contributed by atoms with Crippen LogP contribution in [0.3, 0.4) is 0 Å². The molecule has 0 saturated carbocycles. The number of epoxide rings is 1. The number of hydrogen-bond donors (Lipinski definition) is 3. The second-order valence-electron chi connectivity index (χ2n) is 7.04. The van der Waals surface area contributed by atoms with Gasteiger partial charge in [0.2, 0.25) is 11.7 Å². The number of aryl methyl sites for hydroxylation is 1. The number of amides is 1. The van der Waals surface area contributed by atoms with E-state index in [9.17, 15) is 15.0 Å². The molecule has 4 rings (SSSR count). The molecule has 142 valence electrons. The Morgan fingerprint density at radius 1 is 1.00 bits per heavy atom. The Hall–Kier alpha value is -3.15. The molecular formula is C23H21NO4. The number of phenols is 1. The Morgan fingerprint density at radius 3 is 2.43 bits per heavy atom. The molecule has 5 nitrogen and oxygen atoms in total. The van der Waals surface area contributed by atoms with E-state index in [1.807, 2.05) is 48.5 Å². The molecule has 28 heavy (non-hydrogen) atoms. The third-order valence-corrected chi connectivity index (χ3v) is 4.97. The maximum Gasteiger partial charge on any atom is 0.217 e. The van der Waals surface area contributed by atoms with Crippen molar-refractivity contribution in [3.8, 4) is 28.0 Å². The number of phenolic OH excluding ortho intramolecular Hbond substituents is 1. The second kappa shape index (κ2) is 7.11. The van der Waals surface area contributed by atoms with Crippen molar-refractivity contribution in [2.24, 2.45) is 5.73 Å². The number of hydrogen-bond acceptors (Lipinski definition) is 4. The van der Waals surface area contributed by atoms with Gasteiger partial charge in [-0.25, -0.2) is 0 Å². The van der Waals surface area contributed by atoms with Crippen molar-refractivity contribution in [3.05, 3.63) is 77.9 Å². The number of carbonyl (C=O) groups excluding carboxylic acids is 1. The van der Waals surface area contributed by atoms with Gasteiger partial charge in [0, 0.05) is 12.0 Å². The van der Waals surface area contributed by atoms with Crippen molar-refractivity contribution in [1.82, 2.24) is 0 Å². The van der Waals surface area contributed by atoms with Gasteiger partial charge in [0.05, 0.1) is 0 Å². The Morgan fingerprint density at radius 2 is 1.71 bits per heavy atom. The minimum absolute atomic E-state index is 0.188. The molecular weight excluding hydrogens is 354 g/mol. The van der Waals surface area contributed by atoms with E-state index in [1.54, 1.807) is 18.2 Å². The number of carbonyl (C=O) groups is 1. The first kappa shape index (κ1) is 18.2. The molecule has 0 spiro atoms. The van der Waals surface area contributed by atoms with Gasteiger partial charge >= 0.3 is 0 Å². The normalized spacial score (nSPS) is 18.0. The zero-order chi connectivity index (χ0) is 19.7. The molecule has 1 aliphatic heterocycles. The number of primary amides is 1. The van der Waals surface area contributed by atoms with Crippen molar-refractivity contribution in [2.45, 2.75) is 18.6 Å². The van der Waals surface area contributed by atoms with E-state index in [0.29, 0.717) is 13.0 Å². The average molecular weight is 375 g/mol. The monoisotopic (exact) mass is 375 g/mol. The highest BCUT2D eigenvalue weighted by Gasteiger charge is 2.44. The van der Waals surface area contributed by atoms with Crippen LogP contribution in [0, 0.1) is 0 Å². The molecule has 4 N–H and O–H groups in total. The highest BCUT2D eigenvalue weighted by Crippen LogP contribution is 2.38. The van der Waals surface area contributed by atoms with Gasteiger partial charge in [-0.15, -0.1) is 0 Å². The van der Waals surface area contributed by atoms with E-state index in [4.69, 9.17) is 10.5 Å². The van der Waals surface area contributed by atoms with Crippen LogP contribution >= 0.6 is 0 Å². The molecule has 1 heterocycles. The van der Waals surface area contributed by atoms with Crippen molar-refractivity contribution < 1.29 is 19.7 Å². The standard InChI is InChI=1S/C23H21NO4/c24-22(26)10-8-18-11-16(7-9-21(18)17-4-2-6-20(25)13-17)15-3-1-5-19(12-15)23(27)14-28-23/h1-7,9,11-13,25,27H,8,10,14H2,(H2,24,26). The van der Waals surface area contributed by atoms with Crippen molar-refractivity contribution in [1.29, 1.82) is 0 Å². The first-order chi connectivity index (χ1) is 13.4. The molecule has 0 radical (unpaired) electrons. The van der Waals surface area contributed by atoms with Crippen LogP contribution < -0.4 is 5.73 Å². The highest BCUT2D eigenvalue weighted by molar-refractivity contribution is 5.77. The summed E-state index contributed by atoms with van der Waals surface area (Å²) < 4.78 is 5.13. The zero-order valence-electron chi connectivity index (χ0n) is 15.3. The predicted molar refractivity (Wildman–Crippen MR) is 106 cm³/mol. The number of benzene rings is 3. The minimum atomic E-state index is -1.17. The Labute approximate surface area is 163 Å². The lowest BCUT2D eigenvalue weighted by Crippen LogP contribution is -2.11. The third-order valence-electron chi connectivity index (χ3n) is 4.97. The predicted octanol–water partition coefficient (Wildman–Crippen LogP) is 3.32. The third kappa shape index (κ3) is 3.76. The summed E-state index contributed by atoms with van der Waals surface area (Å²) in [4.78, 5) is 11.3. The maximum atomic E-state index is 11.3.